The number of halogens is 2. The van der Waals surface area contributed by atoms with E-state index < -0.39 is 0 Å². The number of rotatable bonds is 5. The number of alkyl halides is 1. The fraction of sp³-hybridized carbons (Fsp3) is 0.273. The predicted octanol–water partition coefficient (Wildman–Crippen LogP) is 3.76. The van der Waals surface area contributed by atoms with E-state index in [0.717, 1.165) is 10.0 Å². The smallest absolute Gasteiger partial charge is 0.0732 e. The van der Waals surface area contributed by atoms with E-state index in [9.17, 15) is 0 Å². The molecule has 1 nitrogen and oxygen atoms in total. The first kappa shape index (κ1) is 11.8. The van der Waals surface area contributed by atoms with Crippen molar-refractivity contribution in [3.63, 3.8) is 0 Å². The Morgan fingerprint density at radius 1 is 1.29 bits per heavy atom. The van der Waals surface area contributed by atoms with Crippen molar-refractivity contribution in [1.29, 1.82) is 0 Å². The third-order valence-electron chi connectivity index (χ3n) is 1.69. The average molecular weight is 276 g/mol. The first-order valence-electron chi connectivity index (χ1n) is 4.36. The standard InChI is InChI=1S/C11H12BrClO/c12-11-6-2-1-5-10(11)9-14-8-4-3-7-13/h1-6H,7-9H2/b4-3+. The maximum atomic E-state index is 5.47. The minimum absolute atomic E-state index is 0.540. The summed E-state index contributed by atoms with van der Waals surface area (Å²) in [5.41, 5.74) is 1.16. The third kappa shape index (κ3) is 4.27. The Hall–Kier alpha value is -0.310. The fourth-order valence-electron chi connectivity index (χ4n) is 0.983. The highest BCUT2D eigenvalue weighted by Crippen LogP contribution is 2.16. The highest BCUT2D eigenvalue weighted by atomic mass is 79.9. The van der Waals surface area contributed by atoms with Crippen molar-refractivity contribution in [2.45, 2.75) is 6.61 Å². The normalized spacial score (nSPS) is 11.0. The minimum Gasteiger partial charge on any atom is -0.373 e. The van der Waals surface area contributed by atoms with E-state index in [1.54, 1.807) is 0 Å². The van der Waals surface area contributed by atoms with Crippen LogP contribution in [0.3, 0.4) is 0 Å². The molecule has 0 bridgehead atoms. The van der Waals surface area contributed by atoms with Crippen molar-refractivity contribution < 1.29 is 4.74 Å². The molecule has 0 fully saturated rings. The van der Waals surface area contributed by atoms with Gasteiger partial charge in [0.15, 0.2) is 0 Å². The quantitative estimate of drug-likeness (QED) is 0.452. The molecule has 0 unspecified atom stereocenters. The van der Waals surface area contributed by atoms with Gasteiger partial charge in [-0.15, -0.1) is 11.6 Å². The third-order valence-corrected chi connectivity index (χ3v) is 2.64. The highest BCUT2D eigenvalue weighted by Gasteiger charge is 1.96. The number of allylic oxidation sites excluding steroid dienone is 1. The monoisotopic (exact) mass is 274 g/mol. The van der Waals surface area contributed by atoms with Gasteiger partial charge >= 0.3 is 0 Å². The van der Waals surface area contributed by atoms with Crippen molar-refractivity contribution in [3.05, 3.63) is 46.5 Å². The summed E-state index contributed by atoms with van der Waals surface area (Å²) in [6.45, 7) is 1.22. The summed E-state index contributed by atoms with van der Waals surface area (Å²) >= 11 is 8.93. The molecule has 0 radical (unpaired) electrons. The van der Waals surface area contributed by atoms with Crippen LogP contribution in [0.25, 0.3) is 0 Å². The summed E-state index contributed by atoms with van der Waals surface area (Å²) in [5.74, 6) is 0.540. The van der Waals surface area contributed by atoms with Gasteiger partial charge in [0.25, 0.3) is 0 Å². The van der Waals surface area contributed by atoms with Crippen molar-refractivity contribution >= 4 is 27.5 Å². The highest BCUT2D eigenvalue weighted by molar-refractivity contribution is 9.10. The SMILES string of the molecule is ClC/C=C/COCc1ccccc1Br. The van der Waals surface area contributed by atoms with Crippen LogP contribution in [0.5, 0.6) is 0 Å². The Labute approximate surface area is 97.9 Å². The lowest BCUT2D eigenvalue weighted by molar-refractivity contribution is 0.148. The van der Waals surface area contributed by atoms with Crippen LogP contribution >= 0.6 is 27.5 Å². The van der Waals surface area contributed by atoms with E-state index >= 15 is 0 Å². The van der Waals surface area contributed by atoms with Gasteiger partial charge in [0.2, 0.25) is 0 Å². The molecule has 14 heavy (non-hydrogen) atoms. The lowest BCUT2D eigenvalue weighted by atomic mass is 10.2. The number of hydrogen-bond donors (Lipinski definition) is 0. The zero-order valence-electron chi connectivity index (χ0n) is 7.75. The van der Waals surface area contributed by atoms with Gasteiger partial charge in [-0.3, -0.25) is 0 Å². The molecule has 0 aliphatic carbocycles. The Morgan fingerprint density at radius 2 is 2.07 bits per heavy atom. The van der Waals surface area contributed by atoms with Crippen LogP contribution < -0.4 is 0 Å². The molecule has 0 N–H and O–H groups in total. The Kier molecular flexibility index (Phi) is 5.92. The van der Waals surface area contributed by atoms with Gasteiger partial charge in [-0.25, -0.2) is 0 Å². The second-order valence-corrected chi connectivity index (χ2v) is 3.90. The molecule has 0 aliphatic rings. The second-order valence-electron chi connectivity index (χ2n) is 2.73. The van der Waals surface area contributed by atoms with E-state index in [2.05, 4.69) is 15.9 Å². The summed E-state index contributed by atoms with van der Waals surface area (Å²) in [5, 5.41) is 0. The molecule has 0 spiro atoms. The fourth-order valence-corrected chi connectivity index (χ4v) is 1.51. The number of ether oxygens (including phenoxy) is 1. The molecule has 0 saturated heterocycles. The van der Waals surface area contributed by atoms with Crippen molar-refractivity contribution in [3.8, 4) is 0 Å². The summed E-state index contributed by atoms with van der Waals surface area (Å²) in [7, 11) is 0. The van der Waals surface area contributed by atoms with Crippen LogP contribution in [0.1, 0.15) is 5.56 Å². The Morgan fingerprint density at radius 3 is 2.79 bits per heavy atom. The van der Waals surface area contributed by atoms with E-state index in [4.69, 9.17) is 16.3 Å². The predicted molar refractivity (Wildman–Crippen MR) is 63.7 cm³/mol. The molecule has 0 aliphatic heterocycles. The Bertz CT molecular complexity index is 299. The minimum atomic E-state index is 0.540. The molecular weight excluding hydrogens is 263 g/mol. The first-order valence-corrected chi connectivity index (χ1v) is 5.69. The average Bonchev–Trinajstić information content (AvgIpc) is 2.20. The van der Waals surface area contributed by atoms with Gasteiger partial charge in [-0.2, -0.15) is 0 Å². The molecule has 76 valence electrons. The molecule has 3 heteroatoms. The lowest BCUT2D eigenvalue weighted by Gasteiger charge is -2.03. The van der Waals surface area contributed by atoms with Crippen molar-refractivity contribution in [2.75, 3.05) is 12.5 Å². The molecule has 1 rings (SSSR count). The van der Waals surface area contributed by atoms with E-state index in [1.807, 2.05) is 36.4 Å². The van der Waals surface area contributed by atoms with Crippen LogP contribution in [-0.4, -0.2) is 12.5 Å². The van der Waals surface area contributed by atoms with Crippen LogP contribution in [0.15, 0.2) is 40.9 Å². The zero-order chi connectivity index (χ0) is 10.2. The van der Waals surface area contributed by atoms with E-state index in [1.165, 1.54) is 0 Å². The molecule has 0 atom stereocenters. The van der Waals surface area contributed by atoms with Gasteiger partial charge in [0, 0.05) is 10.4 Å². The van der Waals surface area contributed by atoms with Gasteiger partial charge in [-0.1, -0.05) is 46.3 Å². The summed E-state index contributed by atoms with van der Waals surface area (Å²) in [6.07, 6.45) is 3.80. The van der Waals surface area contributed by atoms with Crippen molar-refractivity contribution in [2.24, 2.45) is 0 Å². The van der Waals surface area contributed by atoms with Gasteiger partial charge in [0.05, 0.1) is 13.2 Å². The second kappa shape index (κ2) is 7.04. The molecule has 1 aromatic rings. The lowest BCUT2D eigenvalue weighted by Crippen LogP contribution is -1.93. The van der Waals surface area contributed by atoms with Crippen molar-refractivity contribution in [1.82, 2.24) is 0 Å². The summed E-state index contributed by atoms with van der Waals surface area (Å²) < 4.78 is 6.51. The Balaban J connectivity index is 2.31. The summed E-state index contributed by atoms with van der Waals surface area (Å²) in [4.78, 5) is 0. The van der Waals surface area contributed by atoms with Gasteiger partial charge in [0.1, 0.15) is 0 Å². The molecular formula is C11H12BrClO. The maximum absolute atomic E-state index is 5.47. The van der Waals surface area contributed by atoms with Gasteiger partial charge < -0.3 is 4.74 Å². The van der Waals surface area contributed by atoms with E-state index in [-0.39, 0.29) is 0 Å². The molecule has 0 amide bonds. The van der Waals surface area contributed by atoms with Gasteiger partial charge in [-0.05, 0) is 11.6 Å². The topological polar surface area (TPSA) is 9.23 Å². The zero-order valence-corrected chi connectivity index (χ0v) is 10.1. The maximum Gasteiger partial charge on any atom is 0.0732 e. The van der Waals surface area contributed by atoms with Crippen LogP contribution in [0.2, 0.25) is 0 Å². The molecule has 0 heterocycles. The summed E-state index contributed by atoms with van der Waals surface area (Å²) in [6, 6.07) is 8.03. The number of benzene rings is 1. The first-order chi connectivity index (χ1) is 6.84. The van der Waals surface area contributed by atoms with Crippen LogP contribution in [-0.2, 0) is 11.3 Å². The van der Waals surface area contributed by atoms with Crippen LogP contribution in [0, 0.1) is 0 Å². The molecule has 0 saturated carbocycles. The van der Waals surface area contributed by atoms with Crippen LogP contribution in [0.4, 0.5) is 0 Å². The van der Waals surface area contributed by atoms with E-state index in [0.29, 0.717) is 19.1 Å². The molecule has 1 aromatic carbocycles. The molecule has 0 aromatic heterocycles. The largest absolute Gasteiger partial charge is 0.373 e. The number of hydrogen-bond acceptors (Lipinski definition) is 1.